The Kier molecular flexibility index (Phi) is 3.84. The molecule has 12 heavy (non-hydrogen) atoms. The summed E-state index contributed by atoms with van der Waals surface area (Å²) in [6, 6.07) is 5.76. The lowest BCUT2D eigenvalue weighted by Crippen LogP contribution is -1.95. The molecule has 0 amide bonds. The third-order valence-electron chi connectivity index (χ3n) is 1.46. The van der Waals surface area contributed by atoms with Crippen molar-refractivity contribution < 1.29 is 9.53 Å². The number of carbonyl (C=O) groups excluding carboxylic acids is 1. The van der Waals surface area contributed by atoms with E-state index < -0.39 is 0 Å². The van der Waals surface area contributed by atoms with Gasteiger partial charge in [0.25, 0.3) is 0 Å². The second kappa shape index (κ2) is 5.29. The summed E-state index contributed by atoms with van der Waals surface area (Å²) < 4.78 is 4.42. The van der Waals surface area contributed by atoms with E-state index in [-0.39, 0.29) is 0 Å². The SMILES string of the molecule is O=[C]OCCCc1ccccn1. The molecule has 1 aromatic heterocycles. The van der Waals surface area contributed by atoms with Crippen molar-refractivity contribution >= 4 is 6.47 Å². The topological polar surface area (TPSA) is 39.2 Å². The zero-order valence-corrected chi connectivity index (χ0v) is 6.69. The van der Waals surface area contributed by atoms with Crippen LogP contribution in [0.2, 0.25) is 0 Å². The van der Waals surface area contributed by atoms with Crippen LogP contribution in [0, 0.1) is 0 Å². The van der Waals surface area contributed by atoms with Crippen molar-refractivity contribution in [1.29, 1.82) is 0 Å². The summed E-state index contributed by atoms with van der Waals surface area (Å²) in [5.41, 5.74) is 1.02. The van der Waals surface area contributed by atoms with Crippen molar-refractivity contribution in [1.82, 2.24) is 4.98 Å². The largest absolute Gasteiger partial charge is 0.457 e. The van der Waals surface area contributed by atoms with E-state index in [2.05, 4.69) is 9.72 Å². The lowest BCUT2D eigenvalue weighted by Gasteiger charge is -1.97. The first-order chi connectivity index (χ1) is 5.93. The highest BCUT2D eigenvalue weighted by Gasteiger charge is 1.92. The van der Waals surface area contributed by atoms with E-state index in [9.17, 15) is 4.79 Å². The maximum absolute atomic E-state index is 9.65. The number of nitrogens with zero attached hydrogens (tertiary/aromatic N) is 1. The predicted octanol–water partition coefficient (Wildman–Crippen LogP) is 1.10. The van der Waals surface area contributed by atoms with E-state index in [1.807, 2.05) is 18.2 Å². The van der Waals surface area contributed by atoms with Crippen molar-refractivity contribution in [2.75, 3.05) is 6.61 Å². The van der Waals surface area contributed by atoms with Gasteiger partial charge in [0.2, 0.25) is 0 Å². The zero-order valence-electron chi connectivity index (χ0n) is 6.69. The van der Waals surface area contributed by atoms with Crippen molar-refractivity contribution in [2.24, 2.45) is 0 Å². The van der Waals surface area contributed by atoms with Gasteiger partial charge in [-0.15, -0.1) is 0 Å². The molecule has 1 aromatic rings. The molecule has 1 heterocycles. The van der Waals surface area contributed by atoms with Gasteiger partial charge in [-0.05, 0) is 25.0 Å². The molecule has 0 aliphatic rings. The van der Waals surface area contributed by atoms with Gasteiger partial charge < -0.3 is 4.74 Å². The van der Waals surface area contributed by atoms with Crippen molar-refractivity contribution in [3.8, 4) is 0 Å². The molecule has 1 radical (unpaired) electrons. The molecule has 0 N–H and O–H groups in total. The van der Waals surface area contributed by atoms with Crippen LogP contribution in [0.1, 0.15) is 12.1 Å². The van der Waals surface area contributed by atoms with E-state index in [4.69, 9.17) is 0 Å². The maximum Gasteiger partial charge on any atom is 0.417 e. The highest BCUT2D eigenvalue weighted by molar-refractivity contribution is 5.38. The first-order valence-electron chi connectivity index (χ1n) is 3.82. The fourth-order valence-electron chi connectivity index (χ4n) is 0.913. The Labute approximate surface area is 71.4 Å². The van der Waals surface area contributed by atoms with Crippen LogP contribution in [-0.4, -0.2) is 18.1 Å². The number of rotatable bonds is 5. The van der Waals surface area contributed by atoms with Crippen molar-refractivity contribution in [2.45, 2.75) is 12.8 Å². The van der Waals surface area contributed by atoms with Gasteiger partial charge in [0, 0.05) is 11.9 Å². The molecule has 0 aliphatic heterocycles. The van der Waals surface area contributed by atoms with Gasteiger partial charge in [0.05, 0.1) is 6.61 Å². The van der Waals surface area contributed by atoms with Crippen molar-refractivity contribution in [3.05, 3.63) is 30.1 Å². The van der Waals surface area contributed by atoms with Crippen LogP contribution < -0.4 is 0 Å². The lowest BCUT2D eigenvalue weighted by atomic mass is 10.2. The molecule has 0 atom stereocenters. The quantitative estimate of drug-likeness (QED) is 0.612. The van der Waals surface area contributed by atoms with E-state index in [0.717, 1.165) is 18.5 Å². The molecule has 0 spiro atoms. The predicted molar refractivity (Wildman–Crippen MR) is 44.2 cm³/mol. The smallest absolute Gasteiger partial charge is 0.417 e. The number of hydrogen-bond acceptors (Lipinski definition) is 3. The highest BCUT2D eigenvalue weighted by Crippen LogP contribution is 1.97. The highest BCUT2D eigenvalue weighted by atomic mass is 16.5. The second-order valence-electron chi connectivity index (χ2n) is 2.36. The molecule has 0 saturated carbocycles. The summed E-state index contributed by atoms with van der Waals surface area (Å²) in [6.07, 6.45) is 3.39. The summed E-state index contributed by atoms with van der Waals surface area (Å²) in [6.45, 7) is 1.80. The van der Waals surface area contributed by atoms with Crippen LogP contribution in [0.5, 0.6) is 0 Å². The van der Waals surface area contributed by atoms with Gasteiger partial charge in [-0.3, -0.25) is 4.98 Å². The number of pyridine rings is 1. The molecule has 3 nitrogen and oxygen atoms in total. The van der Waals surface area contributed by atoms with Crippen LogP contribution in [0.3, 0.4) is 0 Å². The normalized spacial score (nSPS) is 9.33. The van der Waals surface area contributed by atoms with E-state index in [1.165, 1.54) is 6.47 Å². The third-order valence-corrected chi connectivity index (χ3v) is 1.46. The van der Waals surface area contributed by atoms with Crippen molar-refractivity contribution in [3.63, 3.8) is 0 Å². The monoisotopic (exact) mass is 164 g/mol. The molecular weight excluding hydrogens is 154 g/mol. The maximum atomic E-state index is 9.65. The lowest BCUT2D eigenvalue weighted by molar-refractivity contribution is 0.273. The van der Waals surface area contributed by atoms with Gasteiger partial charge in [0.1, 0.15) is 0 Å². The molecule has 63 valence electrons. The molecule has 0 fully saturated rings. The van der Waals surface area contributed by atoms with E-state index >= 15 is 0 Å². The summed E-state index contributed by atoms with van der Waals surface area (Å²) in [5, 5.41) is 0. The van der Waals surface area contributed by atoms with Gasteiger partial charge in [-0.25, -0.2) is 4.79 Å². The second-order valence-corrected chi connectivity index (χ2v) is 2.36. The van der Waals surface area contributed by atoms with Crippen LogP contribution in [-0.2, 0) is 16.0 Å². The first-order valence-corrected chi connectivity index (χ1v) is 3.82. The molecule has 0 unspecified atom stereocenters. The van der Waals surface area contributed by atoms with Gasteiger partial charge >= 0.3 is 6.47 Å². The Morgan fingerprint density at radius 2 is 2.42 bits per heavy atom. The summed E-state index contributed by atoms with van der Waals surface area (Å²) in [4.78, 5) is 13.8. The average molecular weight is 164 g/mol. The summed E-state index contributed by atoms with van der Waals surface area (Å²) in [7, 11) is 0. The number of hydrogen-bond donors (Lipinski definition) is 0. The number of aryl methyl sites for hydroxylation is 1. The van der Waals surface area contributed by atoms with Crippen LogP contribution >= 0.6 is 0 Å². The molecule has 3 heteroatoms. The van der Waals surface area contributed by atoms with E-state index in [1.54, 1.807) is 6.20 Å². The number of ether oxygens (including phenoxy) is 1. The Morgan fingerprint density at radius 1 is 1.50 bits per heavy atom. The molecule has 0 aliphatic carbocycles. The minimum absolute atomic E-state index is 0.417. The Hall–Kier alpha value is -1.38. The fraction of sp³-hybridized carbons (Fsp3) is 0.333. The van der Waals surface area contributed by atoms with Crippen LogP contribution in [0.25, 0.3) is 0 Å². The minimum atomic E-state index is 0.417. The third kappa shape index (κ3) is 3.14. The first kappa shape index (κ1) is 8.71. The van der Waals surface area contributed by atoms with Gasteiger partial charge in [-0.2, -0.15) is 0 Å². The molecule has 1 rings (SSSR count). The molecule has 0 saturated heterocycles. The molecule has 0 aromatic carbocycles. The number of aromatic nitrogens is 1. The van der Waals surface area contributed by atoms with Crippen LogP contribution in [0.4, 0.5) is 0 Å². The summed E-state index contributed by atoms with van der Waals surface area (Å²) >= 11 is 0. The Bertz CT molecular complexity index is 223. The fourth-order valence-corrected chi connectivity index (χ4v) is 0.913. The zero-order chi connectivity index (χ0) is 8.65. The van der Waals surface area contributed by atoms with Gasteiger partial charge in [0.15, 0.2) is 0 Å². The Balaban J connectivity index is 2.20. The van der Waals surface area contributed by atoms with E-state index in [0.29, 0.717) is 6.61 Å². The van der Waals surface area contributed by atoms with Gasteiger partial charge in [-0.1, -0.05) is 6.07 Å². The molecular formula is C9H10NO2. The average Bonchev–Trinajstić information content (AvgIpc) is 2.14. The minimum Gasteiger partial charge on any atom is -0.457 e. The Morgan fingerprint density at radius 3 is 3.08 bits per heavy atom. The van der Waals surface area contributed by atoms with Crippen LogP contribution in [0.15, 0.2) is 24.4 Å². The molecule has 0 bridgehead atoms. The summed E-state index contributed by atoms with van der Waals surface area (Å²) in [5.74, 6) is 0. The standard InChI is InChI=1S/C9H10NO2/c11-8-12-7-3-5-9-4-1-2-6-10-9/h1-2,4,6H,3,5,7H2.